The molecule has 3 N–H and O–H groups in total. The maximum absolute atomic E-state index is 12.1. The van der Waals surface area contributed by atoms with E-state index in [-0.39, 0.29) is 5.91 Å². The van der Waals surface area contributed by atoms with E-state index in [1.165, 1.54) is 6.07 Å². The first-order valence-electron chi connectivity index (χ1n) is 5.29. The number of anilines is 2. The standard InChI is InChI=1S/C13H9BrCl2N2O/c14-7-1-4-10(16)12(5-7)18-13(19)9-3-2-8(15)6-11(9)17/h1-6H,17H2,(H,18,19). The van der Waals surface area contributed by atoms with Gasteiger partial charge in [0.25, 0.3) is 5.91 Å². The van der Waals surface area contributed by atoms with Crippen LogP contribution in [0.25, 0.3) is 0 Å². The summed E-state index contributed by atoms with van der Waals surface area (Å²) in [7, 11) is 0. The van der Waals surface area contributed by atoms with E-state index in [0.717, 1.165) is 4.47 Å². The summed E-state index contributed by atoms with van der Waals surface area (Å²) in [6.07, 6.45) is 0. The fraction of sp³-hybridized carbons (Fsp3) is 0. The molecular weight excluding hydrogens is 351 g/mol. The molecule has 0 saturated heterocycles. The van der Waals surface area contributed by atoms with Crippen molar-refractivity contribution in [2.24, 2.45) is 0 Å². The second-order valence-electron chi connectivity index (χ2n) is 3.81. The highest BCUT2D eigenvalue weighted by Crippen LogP contribution is 2.27. The largest absolute Gasteiger partial charge is 0.398 e. The Labute approximate surface area is 128 Å². The molecule has 0 aromatic heterocycles. The fourth-order valence-corrected chi connectivity index (χ4v) is 2.23. The maximum atomic E-state index is 12.1. The zero-order valence-electron chi connectivity index (χ0n) is 9.58. The average molecular weight is 360 g/mol. The number of amides is 1. The van der Waals surface area contributed by atoms with Gasteiger partial charge in [-0.2, -0.15) is 0 Å². The molecule has 0 unspecified atom stereocenters. The third-order valence-corrected chi connectivity index (χ3v) is 3.49. The van der Waals surface area contributed by atoms with Gasteiger partial charge in [0.15, 0.2) is 0 Å². The van der Waals surface area contributed by atoms with Crippen LogP contribution in [0.1, 0.15) is 10.4 Å². The number of halogens is 3. The lowest BCUT2D eigenvalue weighted by Crippen LogP contribution is -2.14. The van der Waals surface area contributed by atoms with Crippen LogP contribution in [-0.2, 0) is 0 Å². The molecular formula is C13H9BrCl2N2O. The Bertz CT molecular complexity index is 647. The molecule has 98 valence electrons. The van der Waals surface area contributed by atoms with Gasteiger partial charge >= 0.3 is 0 Å². The molecule has 0 aliphatic rings. The van der Waals surface area contributed by atoms with Crippen LogP contribution in [0.5, 0.6) is 0 Å². The van der Waals surface area contributed by atoms with E-state index in [1.807, 2.05) is 0 Å². The Hall–Kier alpha value is -1.23. The van der Waals surface area contributed by atoms with Crippen LogP contribution in [0, 0.1) is 0 Å². The number of rotatable bonds is 2. The Kier molecular flexibility index (Phi) is 4.34. The van der Waals surface area contributed by atoms with Gasteiger partial charge in [0, 0.05) is 15.2 Å². The third kappa shape index (κ3) is 3.41. The summed E-state index contributed by atoms with van der Waals surface area (Å²) >= 11 is 15.1. The molecule has 1 amide bonds. The Morgan fingerprint density at radius 2 is 1.89 bits per heavy atom. The van der Waals surface area contributed by atoms with E-state index >= 15 is 0 Å². The molecule has 0 aliphatic carbocycles. The summed E-state index contributed by atoms with van der Waals surface area (Å²) in [5.41, 5.74) is 6.93. The van der Waals surface area contributed by atoms with Gasteiger partial charge in [-0.3, -0.25) is 4.79 Å². The van der Waals surface area contributed by atoms with E-state index in [0.29, 0.717) is 27.0 Å². The van der Waals surface area contributed by atoms with Crippen LogP contribution in [0.3, 0.4) is 0 Å². The average Bonchev–Trinajstić information content (AvgIpc) is 2.33. The van der Waals surface area contributed by atoms with Crippen molar-refractivity contribution in [1.29, 1.82) is 0 Å². The van der Waals surface area contributed by atoms with Crippen LogP contribution < -0.4 is 11.1 Å². The Morgan fingerprint density at radius 3 is 2.58 bits per heavy atom. The van der Waals surface area contributed by atoms with Crippen molar-refractivity contribution in [2.75, 3.05) is 11.1 Å². The number of benzene rings is 2. The lowest BCUT2D eigenvalue weighted by atomic mass is 10.1. The highest BCUT2D eigenvalue weighted by Gasteiger charge is 2.12. The fourth-order valence-electron chi connectivity index (χ4n) is 1.52. The van der Waals surface area contributed by atoms with Crippen molar-refractivity contribution in [3.8, 4) is 0 Å². The molecule has 6 heteroatoms. The van der Waals surface area contributed by atoms with Gasteiger partial charge in [-0.05, 0) is 36.4 Å². The molecule has 3 nitrogen and oxygen atoms in total. The Morgan fingerprint density at radius 1 is 1.16 bits per heavy atom. The van der Waals surface area contributed by atoms with E-state index in [4.69, 9.17) is 28.9 Å². The summed E-state index contributed by atoms with van der Waals surface area (Å²) in [5, 5.41) is 3.63. The smallest absolute Gasteiger partial charge is 0.257 e. The van der Waals surface area contributed by atoms with Crippen LogP contribution in [-0.4, -0.2) is 5.91 Å². The van der Waals surface area contributed by atoms with Crippen molar-refractivity contribution in [1.82, 2.24) is 0 Å². The van der Waals surface area contributed by atoms with Crippen molar-refractivity contribution in [3.63, 3.8) is 0 Å². The number of carbonyl (C=O) groups is 1. The summed E-state index contributed by atoms with van der Waals surface area (Å²) in [5.74, 6) is -0.339. The van der Waals surface area contributed by atoms with Gasteiger partial charge < -0.3 is 11.1 Å². The predicted molar refractivity (Wildman–Crippen MR) is 83.0 cm³/mol. The molecule has 2 aromatic carbocycles. The molecule has 2 aromatic rings. The molecule has 0 aliphatic heterocycles. The Balaban J connectivity index is 2.28. The molecule has 2 rings (SSSR count). The van der Waals surface area contributed by atoms with Crippen molar-refractivity contribution in [2.45, 2.75) is 0 Å². The first-order chi connectivity index (χ1) is 8.97. The second kappa shape index (κ2) is 5.82. The lowest BCUT2D eigenvalue weighted by Gasteiger charge is -2.09. The summed E-state index contributed by atoms with van der Waals surface area (Å²) in [4.78, 5) is 12.1. The van der Waals surface area contributed by atoms with Crippen molar-refractivity contribution < 1.29 is 4.79 Å². The third-order valence-electron chi connectivity index (χ3n) is 2.43. The molecule has 0 spiro atoms. The van der Waals surface area contributed by atoms with Gasteiger partial charge in [0.1, 0.15) is 0 Å². The van der Waals surface area contributed by atoms with Gasteiger partial charge in [0.05, 0.1) is 16.3 Å². The summed E-state index contributed by atoms with van der Waals surface area (Å²) in [6.45, 7) is 0. The highest BCUT2D eigenvalue weighted by molar-refractivity contribution is 9.10. The van der Waals surface area contributed by atoms with E-state index in [9.17, 15) is 4.79 Å². The summed E-state index contributed by atoms with van der Waals surface area (Å²) < 4.78 is 0.816. The topological polar surface area (TPSA) is 55.1 Å². The lowest BCUT2D eigenvalue weighted by molar-refractivity contribution is 0.102. The SMILES string of the molecule is Nc1cc(Cl)ccc1C(=O)Nc1cc(Br)ccc1Cl. The molecule has 0 saturated carbocycles. The van der Waals surface area contributed by atoms with Gasteiger partial charge in [-0.1, -0.05) is 39.1 Å². The highest BCUT2D eigenvalue weighted by atomic mass is 79.9. The molecule has 19 heavy (non-hydrogen) atoms. The van der Waals surface area contributed by atoms with Crippen molar-refractivity contribution in [3.05, 3.63) is 56.5 Å². The minimum atomic E-state index is -0.339. The molecule has 0 fully saturated rings. The summed E-state index contributed by atoms with van der Waals surface area (Å²) in [6, 6.07) is 9.89. The number of carbonyl (C=O) groups excluding carboxylic acids is 1. The first-order valence-corrected chi connectivity index (χ1v) is 6.83. The van der Waals surface area contributed by atoms with Gasteiger partial charge in [-0.15, -0.1) is 0 Å². The van der Waals surface area contributed by atoms with Crippen molar-refractivity contribution >= 4 is 56.4 Å². The molecule has 0 bridgehead atoms. The monoisotopic (exact) mass is 358 g/mol. The number of hydrogen-bond acceptors (Lipinski definition) is 2. The van der Waals surface area contributed by atoms with E-state index < -0.39 is 0 Å². The molecule has 0 radical (unpaired) electrons. The normalized spacial score (nSPS) is 10.3. The number of nitrogens with one attached hydrogen (secondary N) is 1. The zero-order valence-corrected chi connectivity index (χ0v) is 12.7. The molecule has 0 heterocycles. The number of nitrogen functional groups attached to an aromatic ring is 1. The predicted octanol–water partition coefficient (Wildman–Crippen LogP) is 4.59. The van der Waals surface area contributed by atoms with Gasteiger partial charge in [-0.25, -0.2) is 0 Å². The first kappa shape index (κ1) is 14.2. The van der Waals surface area contributed by atoms with Crippen LogP contribution in [0.4, 0.5) is 11.4 Å². The quantitative estimate of drug-likeness (QED) is 0.770. The number of nitrogens with two attached hydrogens (primary N) is 1. The minimum absolute atomic E-state index is 0.316. The zero-order chi connectivity index (χ0) is 14.0. The van der Waals surface area contributed by atoms with E-state index in [1.54, 1.807) is 30.3 Å². The van der Waals surface area contributed by atoms with Crippen LogP contribution in [0.2, 0.25) is 10.0 Å². The molecule has 0 atom stereocenters. The minimum Gasteiger partial charge on any atom is -0.398 e. The maximum Gasteiger partial charge on any atom is 0.257 e. The van der Waals surface area contributed by atoms with Crippen LogP contribution >= 0.6 is 39.1 Å². The number of hydrogen-bond donors (Lipinski definition) is 2. The van der Waals surface area contributed by atoms with E-state index in [2.05, 4.69) is 21.2 Å². The van der Waals surface area contributed by atoms with Gasteiger partial charge in [0.2, 0.25) is 0 Å². The second-order valence-corrected chi connectivity index (χ2v) is 5.57. The van der Waals surface area contributed by atoms with Crippen LogP contribution in [0.15, 0.2) is 40.9 Å².